The third-order valence-electron chi connectivity index (χ3n) is 4.53. The maximum Gasteiger partial charge on any atom is 0.162 e. The van der Waals surface area contributed by atoms with Crippen molar-refractivity contribution < 1.29 is 8.78 Å². The molecule has 0 heterocycles. The zero-order valence-corrected chi connectivity index (χ0v) is 12.0. The molecule has 0 spiro atoms. The fourth-order valence-corrected chi connectivity index (χ4v) is 3.29. The van der Waals surface area contributed by atoms with Gasteiger partial charge < -0.3 is 0 Å². The molecule has 1 saturated carbocycles. The zero-order valence-electron chi connectivity index (χ0n) is 12.0. The van der Waals surface area contributed by atoms with Crippen LogP contribution in [0.25, 0.3) is 0 Å². The van der Waals surface area contributed by atoms with Crippen LogP contribution in [-0.4, -0.2) is 0 Å². The van der Waals surface area contributed by atoms with Crippen LogP contribution >= 0.6 is 0 Å². The molecule has 0 N–H and O–H groups in total. The SMILES string of the molecule is CCCC1CCC(Cc2ccc(C)c(F)c2F)CC1. The minimum absolute atomic E-state index is 0.396. The summed E-state index contributed by atoms with van der Waals surface area (Å²) in [6.07, 6.45) is 8.12. The topological polar surface area (TPSA) is 0 Å². The van der Waals surface area contributed by atoms with Gasteiger partial charge in [0.05, 0.1) is 0 Å². The van der Waals surface area contributed by atoms with Gasteiger partial charge in [-0.15, -0.1) is 0 Å². The highest BCUT2D eigenvalue weighted by molar-refractivity contribution is 5.25. The standard InChI is InChI=1S/C17H24F2/c1-3-4-13-6-8-14(9-7-13)11-15-10-5-12(2)16(18)17(15)19/h5,10,13-14H,3-4,6-9,11H2,1-2H3. The quantitative estimate of drug-likeness (QED) is 0.682. The maximum atomic E-state index is 13.8. The lowest BCUT2D eigenvalue weighted by atomic mass is 9.78. The summed E-state index contributed by atoms with van der Waals surface area (Å²) in [6.45, 7) is 3.84. The summed E-state index contributed by atoms with van der Waals surface area (Å²) in [6, 6.07) is 3.45. The van der Waals surface area contributed by atoms with E-state index >= 15 is 0 Å². The summed E-state index contributed by atoms with van der Waals surface area (Å²) in [7, 11) is 0. The minimum atomic E-state index is -0.669. The average Bonchev–Trinajstić information content (AvgIpc) is 2.42. The molecule has 0 aromatic heterocycles. The van der Waals surface area contributed by atoms with Crippen LogP contribution in [0.15, 0.2) is 12.1 Å². The Hall–Kier alpha value is -0.920. The van der Waals surface area contributed by atoms with Crippen LogP contribution in [-0.2, 0) is 6.42 Å². The van der Waals surface area contributed by atoms with Crippen LogP contribution in [0.3, 0.4) is 0 Å². The van der Waals surface area contributed by atoms with Crippen molar-refractivity contribution in [3.8, 4) is 0 Å². The van der Waals surface area contributed by atoms with E-state index in [0.29, 0.717) is 23.5 Å². The molecule has 19 heavy (non-hydrogen) atoms. The molecule has 1 aliphatic rings. The van der Waals surface area contributed by atoms with E-state index in [2.05, 4.69) is 6.92 Å². The van der Waals surface area contributed by atoms with Crippen molar-refractivity contribution in [3.05, 3.63) is 34.9 Å². The van der Waals surface area contributed by atoms with Crippen LogP contribution in [0.1, 0.15) is 56.6 Å². The Kier molecular flexibility index (Phi) is 4.95. The Morgan fingerprint density at radius 3 is 2.26 bits per heavy atom. The van der Waals surface area contributed by atoms with Crippen LogP contribution in [0.4, 0.5) is 8.78 Å². The lowest BCUT2D eigenvalue weighted by Crippen LogP contribution is -2.17. The van der Waals surface area contributed by atoms with Crippen molar-refractivity contribution in [1.82, 2.24) is 0 Å². The van der Waals surface area contributed by atoms with E-state index in [9.17, 15) is 8.78 Å². The zero-order chi connectivity index (χ0) is 13.8. The van der Waals surface area contributed by atoms with E-state index in [1.807, 2.05) is 0 Å². The van der Waals surface area contributed by atoms with Gasteiger partial charge >= 0.3 is 0 Å². The summed E-state index contributed by atoms with van der Waals surface area (Å²) in [5.41, 5.74) is 0.954. The Balaban J connectivity index is 1.94. The molecule has 2 heteroatoms. The van der Waals surface area contributed by atoms with Crippen molar-refractivity contribution in [1.29, 1.82) is 0 Å². The number of hydrogen-bond acceptors (Lipinski definition) is 0. The van der Waals surface area contributed by atoms with Crippen molar-refractivity contribution in [2.75, 3.05) is 0 Å². The maximum absolute atomic E-state index is 13.8. The molecule has 0 aliphatic heterocycles. The molecule has 1 aliphatic carbocycles. The van der Waals surface area contributed by atoms with Gasteiger partial charge in [-0.2, -0.15) is 0 Å². The van der Waals surface area contributed by atoms with Gasteiger partial charge in [0, 0.05) is 0 Å². The molecule has 1 aromatic carbocycles. The van der Waals surface area contributed by atoms with E-state index in [4.69, 9.17) is 0 Å². The predicted octanol–water partition coefficient (Wildman–Crippen LogP) is 5.42. The third kappa shape index (κ3) is 3.55. The molecule has 2 rings (SSSR count). The Morgan fingerprint density at radius 1 is 1.00 bits per heavy atom. The number of rotatable bonds is 4. The normalized spacial score (nSPS) is 23.6. The molecular weight excluding hydrogens is 242 g/mol. The van der Waals surface area contributed by atoms with Gasteiger partial charge in [0.2, 0.25) is 0 Å². The first kappa shape index (κ1) is 14.5. The molecule has 1 fully saturated rings. The minimum Gasteiger partial charge on any atom is -0.203 e. The second-order valence-corrected chi connectivity index (χ2v) is 6.05. The molecule has 0 amide bonds. The van der Waals surface area contributed by atoms with Crippen LogP contribution < -0.4 is 0 Å². The molecule has 0 bridgehead atoms. The molecular formula is C17H24F2. The van der Waals surface area contributed by atoms with E-state index < -0.39 is 11.6 Å². The van der Waals surface area contributed by atoms with E-state index in [1.165, 1.54) is 38.5 Å². The largest absolute Gasteiger partial charge is 0.203 e. The summed E-state index contributed by atoms with van der Waals surface area (Å²) >= 11 is 0. The Labute approximate surface area is 115 Å². The van der Waals surface area contributed by atoms with Gasteiger partial charge in [-0.1, -0.05) is 44.7 Å². The van der Waals surface area contributed by atoms with Crippen molar-refractivity contribution >= 4 is 0 Å². The van der Waals surface area contributed by atoms with Crippen LogP contribution in [0.5, 0.6) is 0 Å². The highest BCUT2D eigenvalue weighted by Gasteiger charge is 2.22. The molecule has 106 valence electrons. The summed E-state index contributed by atoms with van der Waals surface area (Å²) in [4.78, 5) is 0. The average molecular weight is 266 g/mol. The number of benzene rings is 1. The van der Waals surface area contributed by atoms with Gasteiger partial charge in [-0.25, -0.2) is 8.78 Å². The molecule has 0 saturated heterocycles. The van der Waals surface area contributed by atoms with E-state index in [-0.39, 0.29) is 0 Å². The van der Waals surface area contributed by atoms with Crippen molar-refractivity contribution in [2.24, 2.45) is 11.8 Å². The fourth-order valence-electron chi connectivity index (χ4n) is 3.29. The lowest BCUT2D eigenvalue weighted by molar-refractivity contribution is 0.259. The molecule has 0 unspecified atom stereocenters. The van der Waals surface area contributed by atoms with Gasteiger partial charge in [0.25, 0.3) is 0 Å². The smallest absolute Gasteiger partial charge is 0.162 e. The second-order valence-electron chi connectivity index (χ2n) is 6.05. The first-order valence-electron chi connectivity index (χ1n) is 7.55. The monoisotopic (exact) mass is 266 g/mol. The molecule has 1 aromatic rings. The van der Waals surface area contributed by atoms with Gasteiger partial charge in [-0.05, 0) is 49.1 Å². The van der Waals surface area contributed by atoms with E-state index in [1.54, 1.807) is 19.1 Å². The first-order chi connectivity index (χ1) is 9.11. The second kappa shape index (κ2) is 6.49. The fraction of sp³-hybridized carbons (Fsp3) is 0.647. The van der Waals surface area contributed by atoms with Crippen LogP contribution in [0.2, 0.25) is 0 Å². The number of halogens is 2. The Morgan fingerprint density at radius 2 is 1.63 bits per heavy atom. The third-order valence-corrected chi connectivity index (χ3v) is 4.53. The van der Waals surface area contributed by atoms with Crippen LogP contribution in [0, 0.1) is 30.4 Å². The number of aryl methyl sites for hydroxylation is 1. The van der Waals surface area contributed by atoms with E-state index in [0.717, 1.165) is 5.92 Å². The van der Waals surface area contributed by atoms with Crippen molar-refractivity contribution in [3.63, 3.8) is 0 Å². The molecule has 0 atom stereocenters. The summed E-state index contributed by atoms with van der Waals surface area (Å²) < 4.78 is 27.4. The van der Waals surface area contributed by atoms with Gasteiger partial charge in [0.15, 0.2) is 11.6 Å². The Bertz CT molecular complexity index is 418. The van der Waals surface area contributed by atoms with Crippen molar-refractivity contribution in [2.45, 2.75) is 58.8 Å². The molecule has 0 radical (unpaired) electrons. The molecule has 0 nitrogen and oxygen atoms in total. The summed E-state index contributed by atoms with van der Waals surface area (Å²) in [5, 5.41) is 0. The highest BCUT2D eigenvalue weighted by atomic mass is 19.2. The highest BCUT2D eigenvalue weighted by Crippen LogP contribution is 2.34. The van der Waals surface area contributed by atoms with Gasteiger partial charge in [0.1, 0.15) is 0 Å². The van der Waals surface area contributed by atoms with Gasteiger partial charge in [-0.3, -0.25) is 0 Å². The first-order valence-corrected chi connectivity index (χ1v) is 7.55. The predicted molar refractivity (Wildman–Crippen MR) is 75.2 cm³/mol. The number of hydrogen-bond donors (Lipinski definition) is 0. The lowest BCUT2D eigenvalue weighted by Gasteiger charge is -2.28. The summed E-state index contributed by atoms with van der Waals surface area (Å²) in [5.74, 6) is 0.0958.